The first-order valence-electron chi connectivity index (χ1n) is 7.20. The Hall–Kier alpha value is -1.99. The van der Waals surface area contributed by atoms with Crippen LogP contribution >= 0.6 is 11.3 Å². The molecule has 1 fully saturated rings. The maximum absolute atomic E-state index is 12.3. The third-order valence-corrected chi connectivity index (χ3v) is 4.93. The van der Waals surface area contributed by atoms with E-state index in [0.717, 1.165) is 23.9 Å². The minimum atomic E-state index is -0.463. The molecule has 3 heterocycles. The number of carbonyl (C=O) groups excluding carboxylic acids is 1. The summed E-state index contributed by atoms with van der Waals surface area (Å²) in [6.07, 6.45) is 3.54. The van der Waals surface area contributed by atoms with Gasteiger partial charge in [-0.1, -0.05) is 6.07 Å². The van der Waals surface area contributed by atoms with Crippen LogP contribution in [-0.4, -0.2) is 39.0 Å². The molecule has 1 saturated heterocycles. The number of aromatic amines is 1. The van der Waals surface area contributed by atoms with Crippen LogP contribution < -0.4 is 5.56 Å². The Balaban J connectivity index is 1.62. The molecule has 0 spiro atoms. The Kier molecular flexibility index (Phi) is 4.35. The number of nitrogens with one attached hydrogen (secondary N) is 1. The minimum Gasteiger partial charge on any atom is -0.387 e. The molecular weight excluding hydrogens is 302 g/mol. The molecule has 22 heavy (non-hydrogen) atoms. The lowest BCUT2D eigenvalue weighted by atomic mass is 9.90. The third-order valence-electron chi connectivity index (χ3n) is 3.99. The van der Waals surface area contributed by atoms with Crippen LogP contribution in [0.25, 0.3) is 0 Å². The smallest absolute Gasteiger partial charge is 0.271 e. The second kappa shape index (κ2) is 6.41. The Morgan fingerprint density at radius 3 is 2.82 bits per heavy atom. The number of likely N-dealkylation sites (tertiary alicyclic amines) is 1. The molecule has 2 aromatic heterocycles. The second-order valence-electron chi connectivity index (χ2n) is 5.40. The van der Waals surface area contributed by atoms with Gasteiger partial charge in [-0.25, -0.2) is 0 Å². The first-order chi connectivity index (χ1) is 10.6. The van der Waals surface area contributed by atoms with Crippen molar-refractivity contribution >= 4 is 17.2 Å². The van der Waals surface area contributed by atoms with Crippen molar-refractivity contribution in [3.8, 4) is 0 Å². The molecule has 6 nitrogen and oxygen atoms in total. The summed E-state index contributed by atoms with van der Waals surface area (Å²) in [6, 6.07) is 3.87. The highest BCUT2D eigenvalue weighted by atomic mass is 32.1. The number of carbonyl (C=O) groups is 1. The SMILES string of the molecule is O=C(c1cncc(=O)[nH]1)N1CCC([C@@H](O)c2cccs2)CC1. The highest BCUT2D eigenvalue weighted by molar-refractivity contribution is 7.10. The molecule has 1 aliphatic rings. The maximum Gasteiger partial charge on any atom is 0.271 e. The lowest BCUT2D eigenvalue weighted by Gasteiger charge is -2.33. The summed E-state index contributed by atoms with van der Waals surface area (Å²) in [4.78, 5) is 32.5. The Labute approximate surface area is 131 Å². The van der Waals surface area contributed by atoms with Crippen molar-refractivity contribution < 1.29 is 9.90 Å². The van der Waals surface area contributed by atoms with Crippen LogP contribution in [0.2, 0.25) is 0 Å². The monoisotopic (exact) mass is 319 g/mol. The molecule has 0 unspecified atom stereocenters. The molecule has 2 aromatic rings. The molecule has 3 rings (SSSR count). The van der Waals surface area contributed by atoms with Crippen molar-refractivity contribution in [3.05, 3.63) is 50.8 Å². The topological polar surface area (TPSA) is 86.3 Å². The van der Waals surface area contributed by atoms with Gasteiger partial charge in [-0.15, -0.1) is 11.3 Å². The van der Waals surface area contributed by atoms with E-state index in [4.69, 9.17) is 0 Å². The van der Waals surface area contributed by atoms with E-state index in [1.165, 1.54) is 6.20 Å². The van der Waals surface area contributed by atoms with Gasteiger partial charge in [0.25, 0.3) is 11.5 Å². The van der Waals surface area contributed by atoms with Crippen LogP contribution in [0.1, 0.15) is 34.3 Å². The van der Waals surface area contributed by atoms with Crippen LogP contribution in [0.4, 0.5) is 0 Å². The van der Waals surface area contributed by atoms with Crippen molar-refractivity contribution in [1.82, 2.24) is 14.9 Å². The van der Waals surface area contributed by atoms with Crippen LogP contribution in [0.5, 0.6) is 0 Å². The van der Waals surface area contributed by atoms with Gasteiger partial charge in [0.15, 0.2) is 0 Å². The van der Waals surface area contributed by atoms with Gasteiger partial charge in [0, 0.05) is 18.0 Å². The lowest BCUT2D eigenvalue weighted by molar-refractivity contribution is 0.0469. The molecule has 0 radical (unpaired) electrons. The fraction of sp³-hybridized carbons (Fsp3) is 0.400. The van der Waals surface area contributed by atoms with Crippen molar-refractivity contribution in [2.75, 3.05) is 13.1 Å². The lowest BCUT2D eigenvalue weighted by Crippen LogP contribution is -2.40. The highest BCUT2D eigenvalue weighted by Crippen LogP contribution is 2.33. The predicted molar refractivity (Wildman–Crippen MR) is 82.8 cm³/mol. The van der Waals surface area contributed by atoms with Gasteiger partial charge in [0.1, 0.15) is 5.69 Å². The highest BCUT2D eigenvalue weighted by Gasteiger charge is 2.29. The average molecular weight is 319 g/mol. The van der Waals surface area contributed by atoms with Gasteiger partial charge in [0.05, 0.1) is 18.5 Å². The Morgan fingerprint density at radius 2 is 2.18 bits per heavy atom. The molecule has 7 heteroatoms. The third kappa shape index (κ3) is 3.10. The van der Waals surface area contributed by atoms with E-state index in [9.17, 15) is 14.7 Å². The molecule has 1 atom stereocenters. The van der Waals surface area contributed by atoms with E-state index in [1.807, 2.05) is 17.5 Å². The van der Waals surface area contributed by atoms with Crippen molar-refractivity contribution in [1.29, 1.82) is 0 Å². The van der Waals surface area contributed by atoms with Gasteiger partial charge in [-0.3, -0.25) is 14.6 Å². The molecule has 0 aliphatic carbocycles. The average Bonchev–Trinajstić information content (AvgIpc) is 3.08. The minimum absolute atomic E-state index is 0.163. The number of amides is 1. The van der Waals surface area contributed by atoms with Crippen LogP contribution in [0, 0.1) is 5.92 Å². The Morgan fingerprint density at radius 1 is 1.41 bits per heavy atom. The molecule has 1 amide bonds. The van der Waals surface area contributed by atoms with Crippen molar-refractivity contribution in [3.63, 3.8) is 0 Å². The molecular formula is C15H17N3O3S. The van der Waals surface area contributed by atoms with E-state index in [1.54, 1.807) is 16.2 Å². The molecule has 2 N–H and O–H groups in total. The van der Waals surface area contributed by atoms with E-state index >= 15 is 0 Å². The number of aliphatic hydroxyl groups is 1. The van der Waals surface area contributed by atoms with E-state index in [0.29, 0.717) is 13.1 Å². The van der Waals surface area contributed by atoms with Crippen LogP contribution in [0.3, 0.4) is 0 Å². The zero-order chi connectivity index (χ0) is 15.5. The summed E-state index contributed by atoms with van der Waals surface area (Å²) in [7, 11) is 0. The summed E-state index contributed by atoms with van der Waals surface area (Å²) in [5.41, 5.74) is -0.168. The van der Waals surface area contributed by atoms with Gasteiger partial charge >= 0.3 is 0 Å². The molecule has 0 aromatic carbocycles. The van der Waals surface area contributed by atoms with Crippen molar-refractivity contribution in [2.45, 2.75) is 18.9 Å². The molecule has 116 valence electrons. The van der Waals surface area contributed by atoms with Gasteiger partial charge in [-0.05, 0) is 30.2 Å². The Bertz CT molecular complexity index is 690. The first-order valence-corrected chi connectivity index (χ1v) is 8.08. The number of aromatic nitrogens is 2. The number of rotatable bonds is 3. The zero-order valence-electron chi connectivity index (χ0n) is 11.9. The van der Waals surface area contributed by atoms with Gasteiger partial charge in [0.2, 0.25) is 0 Å². The quantitative estimate of drug-likeness (QED) is 0.896. The van der Waals surface area contributed by atoms with Gasteiger partial charge < -0.3 is 15.0 Å². The summed E-state index contributed by atoms with van der Waals surface area (Å²) in [5, 5.41) is 12.3. The van der Waals surface area contributed by atoms with Crippen LogP contribution in [0.15, 0.2) is 34.7 Å². The first kappa shape index (κ1) is 14.9. The summed E-state index contributed by atoms with van der Waals surface area (Å²) in [5.74, 6) is -0.0510. The van der Waals surface area contributed by atoms with E-state index in [-0.39, 0.29) is 23.1 Å². The number of thiophene rings is 1. The number of hydrogen-bond acceptors (Lipinski definition) is 5. The summed E-state index contributed by atoms with van der Waals surface area (Å²) < 4.78 is 0. The molecule has 0 saturated carbocycles. The number of aliphatic hydroxyl groups excluding tert-OH is 1. The second-order valence-corrected chi connectivity index (χ2v) is 6.38. The molecule has 0 bridgehead atoms. The number of nitrogens with zero attached hydrogens (tertiary/aromatic N) is 2. The van der Waals surface area contributed by atoms with Crippen LogP contribution in [-0.2, 0) is 0 Å². The largest absolute Gasteiger partial charge is 0.387 e. The summed E-state index contributed by atoms with van der Waals surface area (Å²) in [6.45, 7) is 1.14. The fourth-order valence-electron chi connectivity index (χ4n) is 2.77. The number of hydrogen-bond donors (Lipinski definition) is 2. The standard InChI is InChI=1S/C15H17N3O3S/c19-13-9-16-8-11(17-13)15(21)18-5-3-10(4-6-18)14(20)12-2-1-7-22-12/h1-2,7-10,14,20H,3-6H2,(H,17,19)/t14-/m1/s1. The fourth-order valence-corrected chi connectivity index (χ4v) is 3.57. The predicted octanol–water partition coefficient (Wildman–Crippen LogP) is 1.42. The van der Waals surface area contributed by atoms with Gasteiger partial charge in [-0.2, -0.15) is 0 Å². The van der Waals surface area contributed by atoms with Crippen molar-refractivity contribution in [2.24, 2.45) is 5.92 Å². The summed E-state index contributed by atoms with van der Waals surface area (Å²) >= 11 is 1.55. The van der Waals surface area contributed by atoms with E-state index < -0.39 is 6.10 Å². The zero-order valence-corrected chi connectivity index (χ0v) is 12.8. The van der Waals surface area contributed by atoms with E-state index in [2.05, 4.69) is 9.97 Å². The number of H-pyrrole nitrogens is 1. The maximum atomic E-state index is 12.3. The normalized spacial score (nSPS) is 17.4. The molecule has 1 aliphatic heterocycles. The number of piperidine rings is 1.